The molecule has 0 unspecified atom stereocenters. The number of hydrazone groups is 1. The number of carbonyl (C=O) groups excluding carboxylic acids is 1. The molecule has 4 nitrogen and oxygen atoms in total. The van der Waals surface area contributed by atoms with Gasteiger partial charge in [-0.25, -0.2) is 5.43 Å². The van der Waals surface area contributed by atoms with E-state index in [0.29, 0.717) is 11.7 Å². The maximum atomic E-state index is 11.6. The highest BCUT2D eigenvalue weighted by atomic mass is 16.3. The molecule has 17 heavy (non-hydrogen) atoms. The predicted molar refractivity (Wildman–Crippen MR) is 65.9 cm³/mol. The predicted octanol–water partition coefficient (Wildman–Crippen LogP) is 2.97. The number of furan rings is 1. The molecule has 4 heteroatoms. The van der Waals surface area contributed by atoms with E-state index in [1.807, 2.05) is 6.92 Å². The van der Waals surface area contributed by atoms with Crippen LogP contribution in [0.15, 0.2) is 27.9 Å². The van der Waals surface area contributed by atoms with Gasteiger partial charge in [0.05, 0.1) is 6.26 Å². The number of hydrogen-bond acceptors (Lipinski definition) is 3. The van der Waals surface area contributed by atoms with Crippen LogP contribution in [0.25, 0.3) is 0 Å². The van der Waals surface area contributed by atoms with E-state index in [2.05, 4.69) is 10.5 Å². The fourth-order valence-electron chi connectivity index (χ4n) is 2.21. The molecule has 1 aliphatic carbocycles. The van der Waals surface area contributed by atoms with E-state index in [1.54, 1.807) is 12.1 Å². The highest BCUT2D eigenvalue weighted by Gasteiger charge is 2.16. The van der Waals surface area contributed by atoms with Crippen LogP contribution in [0, 0.1) is 5.92 Å². The van der Waals surface area contributed by atoms with Crippen LogP contribution in [0.3, 0.4) is 0 Å². The lowest BCUT2D eigenvalue weighted by atomic mass is 9.86. The maximum absolute atomic E-state index is 11.6. The Bertz CT molecular complexity index is 390. The van der Waals surface area contributed by atoms with Crippen molar-refractivity contribution in [1.82, 2.24) is 5.43 Å². The highest BCUT2D eigenvalue weighted by Crippen LogP contribution is 2.24. The number of amides is 1. The van der Waals surface area contributed by atoms with Gasteiger partial charge in [-0.1, -0.05) is 19.3 Å². The molecule has 0 aromatic carbocycles. The second-order valence-electron chi connectivity index (χ2n) is 4.51. The second kappa shape index (κ2) is 5.66. The molecule has 1 saturated carbocycles. The van der Waals surface area contributed by atoms with E-state index in [4.69, 9.17) is 4.42 Å². The summed E-state index contributed by atoms with van der Waals surface area (Å²) in [6.07, 6.45) is 7.71. The first-order valence-electron chi connectivity index (χ1n) is 6.15. The lowest BCUT2D eigenvalue weighted by molar-refractivity contribution is 0.0927. The van der Waals surface area contributed by atoms with Crippen molar-refractivity contribution < 1.29 is 9.21 Å². The van der Waals surface area contributed by atoms with Crippen molar-refractivity contribution >= 4 is 11.6 Å². The van der Waals surface area contributed by atoms with Crippen molar-refractivity contribution in [3.8, 4) is 0 Å². The van der Waals surface area contributed by atoms with Gasteiger partial charge in [0.15, 0.2) is 5.76 Å². The van der Waals surface area contributed by atoms with Crippen molar-refractivity contribution in [3.05, 3.63) is 24.2 Å². The monoisotopic (exact) mass is 234 g/mol. The molecule has 2 rings (SSSR count). The fourth-order valence-corrected chi connectivity index (χ4v) is 2.21. The molecular formula is C13H18N2O2. The molecule has 1 heterocycles. The maximum Gasteiger partial charge on any atom is 0.307 e. The Kier molecular flexibility index (Phi) is 3.96. The molecule has 0 bridgehead atoms. The van der Waals surface area contributed by atoms with Crippen molar-refractivity contribution in [1.29, 1.82) is 0 Å². The Morgan fingerprint density at radius 2 is 2.18 bits per heavy atom. The summed E-state index contributed by atoms with van der Waals surface area (Å²) < 4.78 is 4.99. The van der Waals surface area contributed by atoms with Crippen LogP contribution < -0.4 is 5.43 Å². The highest BCUT2D eigenvalue weighted by molar-refractivity contribution is 5.93. The van der Waals surface area contributed by atoms with Gasteiger partial charge in [0.1, 0.15) is 0 Å². The smallest absolute Gasteiger partial charge is 0.307 e. The Morgan fingerprint density at radius 3 is 2.82 bits per heavy atom. The molecule has 0 spiro atoms. The number of nitrogens with zero attached hydrogens (tertiary/aromatic N) is 1. The summed E-state index contributed by atoms with van der Waals surface area (Å²) in [6, 6.07) is 3.31. The number of carbonyl (C=O) groups is 1. The van der Waals surface area contributed by atoms with E-state index >= 15 is 0 Å². The largest absolute Gasteiger partial charge is 0.459 e. The minimum Gasteiger partial charge on any atom is -0.459 e. The zero-order valence-corrected chi connectivity index (χ0v) is 10.1. The normalized spacial score (nSPS) is 18.1. The van der Waals surface area contributed by atoms with Crippen LogP contribution in [0.2, 0.25) is 0 Å². The standard InChI is InChI=1S/C13H18N2O2/c1-10(11-6-3-2-4-7-11)14-15-13(16)12-8-5-9-17-12/h5,8-9,11H,2-4,6-7H2,1H3,(H,15,16)/b14-10+. The Labute approximate surface area is 101 Å². The van der Waals surface area contributed by atoms with Gasteiger partial charge < -0.3 is 4.42 Å². The topological polar surface area (TPSA) is 54.6 Å². The van der Waals surface area contributed by atoms with Gasteiger partial charge in [-0.15, -0.1) is 0 Å². The quantitative estimate of drug-likeness (QED) is 0.645. The zero-order chi connectivity index (χ0) is 12.1. The lowest BCUT2D eigenvalue weighted by Crippen LogP contribution is -2.22. The Balaban J connectivity index is 1.89. The van der Waals surface area contributed by atoms with E-state index in [0.717, 1.165) is 5.71 Å². The van der Waals surface area contributed by atoms with Crippen molar-refractivity contribution in [2.75, 3.05) is 0 Å². The van der Waals surface area contributed by atoms with Gasteiger partial charge in [0.2, 0.25) is 0 Å². The van der Waals surface area contributed by atoms with Crippen LogP contribution >= 0.6 is 0 Å². The first-order chi connectivity index (χ1) is 8.27. The minimum absolute atomic E-state index is 0.287. The summed E-state index contributed by atoms with van der Waals surface area (Å²) in [5.41, 5.74) is 3.56. The third kappa shape index (κ3) is 3.19. The molecular weight excluding hydrogens is 216 g/mol. The summed E-state index contributed by atoms with van der Waals surface area (Å²) in [4.78, 5) is 11.6. The molecule has 1 N–H and O–H groups in total. The molecule has 1 fully saturated rings. The van der Waals surface area contributed by atoms with Gasteiger partial charge in [0.25, 0.3) is 0 Å². The molecule has 0 radical (unpaired) electrons. The average Bonchev–Trinajstić information content (AvgIpc) is 2.90. The first kappa shape index (κ1) is 11.9. The van der Waals surface area contributed by atoms with Gasteiger partial charge in [-0.05, 0) is 37.8 Å². The molecule has 1 aromatic heterocycles. The molecule has 1 amide bonds. The lowest BCUT2D eigenvalue weighted by Gasteiger charge is -2.20. The Hall–Kier alpha value is -1.58. The molecule has 1 aromatic rings. The van der Waals surface area contributed by atoms with E-state index in [-0.39, 0.29) is 5.91 Å². The summed E-state index contributed by atoms with van der Waals surface area (Å²) in [5.74, 6) is 0.538. The van der Waals surface area contributed by atoms with Crippen molar-refractivity contribution in [2.24, 2.45) is 11.0 Å². The van der Waals surface area contributed by atoms with Crippen LogP contribution in [-0.4, -0.2) is 11.6 Å². The average molecular weight is 234 g/mol. The third-order valence-electron chi connectivity index (χ3n) is 3.27. The molecule has 1 aliphatic rings. The summed E-state index contributed by atoms with van der Waals surface area (Å²) in [6.45, 7) is 1.98. The van der Waals surface area contributed by atoms with Crippen molar-refractivity contribution in [3.63, 3.8) is 0 Å². The summed E-state index contributed by atoms with van der Waals surface area (Å²) >= 11 is 0. The van der Waals surface area contributed by atoms with Gasteiger partial charge >= 0.3 is 5.91 Å². The zero-order valence-electron chi connectivity index (χ0n) is 10.1. The number of nitrogens with one attached hydrogen (secondary N) is 1. The number of hydrogen-bond donors (Lipinski definition) is 1. The van der Waals surface area contributed by atoms with E-state index in [1.165, 1.54) is 38.4 Å². The van der Waals surface area contributed by atoms with Crippen LogP contribution in [0.5, 0.6) is 0 Å². The number of rotatable bonds is 3. The summed E-state index contributed by atoms with van der Waals surface area (Å²) in [5, 5.41) is 4.16. The SMILES string of the molecule is C/C(=N\NC(=O)c1ccco1)C1CCCCC1. The van der Waals surface area contributed by atoms with Gasteiger partial charge in [-0.2, -0.15) is 5.10 Å². The van der Waals surface area contributed by atoms with Crippen LogP contribution in [0.1, 0.15) is 49.6 Å². The first-order valence-corrected chi connectivity index (χ1v) is 6.15. The van der Waals surface area contributed by atoms with Crippen molar-refractivity contribution in [2.45, 2.75) is 39.0 Å². The van der Waals surface area contributed by atoms with E-state index < -0.39 is 0 Å². The summed E-state index contributed by atoms with van der Waals surface area (Å²) in [7, 11) is 0. The fraction of sp³-hybridized carbons (Fsp3) is 0.538. The third-order valence-corrected chi connectivity index (χ3v) is 3.27. The molecule has 0 saturated heterocycles. The molecule has 0 aliphatic heterocycles. The van der Waals surface area contributed by atoms with Crippen LogP contribution in [0.4, 0.5) is 0 Å². The van der Waals surface area contributed by atoms with Gasteiger partial charge in [0, 0.05) is 5.71 Å². The molecule has 0 atom stereocenters. The molecule has 92 valence electrons. The van der Waals surface area contributed by atoms with E-state index in [9.17, 15) is 4.79 Å². The second-order valence-corrected chi connectivity index (χ2v) is 4.51. The minimum atomic E-state index is -0.287. The Morgan fingerprint density at radius 1 is 1.41 bits per heavy atom. The van der Waals surface area contributed by atoms with Crippen LogP contribution in [-0.2, 0) is 0 Å². The van der Waals surface area contributed by atoms with Gasteiger partial charge in [-0.3, -0.25) is 4.79 Å².